The van der Waals surface area contributed by atoms with Gasteiger partial charge in [0.25, 0.3) is 0 Å². The van der Waals surface area contributed by atoms with Crippen LogP contribution in [0.3, 0.4) is 0 Å². The fourth-order valence-corrected chi connectivity index (χ4v) is 3.56. The number of hydrogen-bond donors (Lipinski definition) is 2. The molecule has 0 unspecified atom stereocenters. The van der Waals surface area contributed by atoms with Gasteiger partial charge in [0.05, 0.1) is 17.3 Å². The number of nitrogens with one attached hydrogen (secondary N) is 1. The molecule has 1 saturated carbocycles. The molecule has 1 aliphatic rings. The first-order valence-corrected chi connectivity index (χ1v) is 7.47. The van der Waals surface area contributed by atoms with E-state index in [1.165, 1.54) is 44.1 Å². The van der Waals surface area contributed by atoms with Crippen LogP contribution in [0.5, 0.6) is 5.75 Å². The van der Waals surface area contributed by atoms with Gasteiger partial charge >= 0.3 is 5.97 Å². The second kappa shape index (κ2) is 5.28. The highest BCUT2D eigenvalue weighted by molar-refractivity contribution is 7.22. The number of hydrogen-bond acceptors (Lipinski definition) is 5. The zero-order valence-corrected chi connectivity index (χ0v) is 12.0. The number of carboxylic acids is 1. The number of methoxy groups -OCH3 is 1. The quantitative estimate of drug-likeness (QED) is 0.904. The molecule has 1 heterocycles. The number of nitrogens with zero attached hydrogens (tertiary/aromatic N) is 1. The van der Waals surface area contributed by atoms with Gasteiger partial charge in [-0.25, -0.2) is 9.78 Å². The molecule has 0 aliphatic heterocycles. The number of ether oxygens (including phenoxy) is 1. The minimum absolute atomic E-state index is 0.177. The second-order valence-corrected chi connectivity index (χ2v) is 6.00. The highest BCUT2D eigenvalue weighted by atomic mass is 32.1. The SMILES string of the molecule is COc1cc2nc(NC3CCCC3)sc2cc1C(=O)O. The van der Waals surface area contributed by atoms with Crippen molar-refractivity contribution >= 4 is 32.7 Å². The van der Waals surface area contributed by atoms with Crippen LogP contribution in [0, 0.1) is 0 Å². The standard InChI is InChI=1S/C14H16N2O3S/c1-19-11-7-10-12(6-9(11)13(17)18)20-14(16-10)15-8-4-2-3-5-8/h6-8H,2-5H2,1H3,(H,15,16)(H,17,18). The normalized spacial score (nSPS) is 15.7. The summed E-state index contributed by atoms with van der Waals surface area (Å²) in [5, 5.41) is 13.5. The summed E-state index contributed by atoms with van der Waals surface area (Å²) in [6.07, 6.45) is 4.89. The molecule has 20 heavy (non-hydrogen) atoms. The maximum Gasteiger partial charge on any atom is 0.339 e. The molecule has 1 aromatic carbocycles. The Morgan fingerprint density at radius 1 is 1.45 bits per heavy atom. The van der Waals surface area contributed by atoms with Crippen LogP contribution in [0.2, 0.25) is 0 Å². The number of carboxylic acid groups (broad SMARTS) is 1. The molecule has 6 heteroatoms. The molecule has 0 atom stereocenters. The number of anilines is 1. The third-order valence-electron chi connectivity index (χ3n) is 3.62. The van der Waals surface area contributed by atoms with Crippen molar-refractivity contribution in [1.29, 1.82) is 0 Å². The van der Waals surface area contributed by atoms with Gasteiger partial charge in [0.2, 0.25) is 0 Å². The largest absolute Gasteiger partial charge is 0.496 e. The summed E-state index contributed by atoms with van der Waals surface area (Å²) in [4.78, 5) is 15.7. The van der Waals surface area contributed by atoms with Crippen molar-refractivity contribution < 1.29 is 14.6 Å². The van der Waals surface area contributed by atoms with Crippen molar-refractivity contribution in [2.75, 3.05) is 12.4 Å². The summed E-state index contributed by atoms with van der Waals surface area (Å²) >= 11 is 1.49. The summed E-state index contributed by atoms with van der Waals surface area (Å²) in [6, 6.07) is 3.82. The van der Waals surface area contributed by atoms with Crippen LogP contribution in [-0.2, 0) is 0 Å². The molecule has 0 radical (unpaired) electrons. The smallest absolute Gasteiger partial charge is 0.339 e. The molecular weight excluding hydrogens is 276 g/mol. The van der Waals surface area contributed by atoms with Gasteiger partial charge in [0, 0.05) is 12.1 Å². The van der Waals surface area contributed by atoms with Gasteiger partial charge in [-0.05, 0) is 18.9 Å². The summed E-state index contributed by atoms with van der Waals surface area (Å²) < 4.78 is 5.99. The number of carbonyl (C=O) groups is 1. The van der Waals surface area contributed by atoms with Gasteiger partial charge in [-0.1, -0.05) is 24.2 Å². The number of rotatable bonds is 4. The molecule has 2 aromatic rings. The topological polar surface area (TPSA) is 71.5 Å². The van der Waals surface area contributed by atoms with Crippen LogP contribution in [0.15, 0.2) is 12.1 Å². The summed E-state index contributed by atoms with van der Waals surface area (Å²) in [5.74, 6) is -0.634. The third-order valence-corrected chi connectivity index (χ3v) is 4.57. The van der Waals surface area contributed by atoms with E-state index in [4.69, 9.17) is 4.74 Å². The van der Waals surface area contributed by atoms with E-state index in [1.807, 2.05) is 0 Å². The maximum absolute atomic E-state index is 11.2. The van der Waals surface area contributed by atoms with Crippen LogP contribution in [0.25, 0.3) is 10.2 Å². The van der Waals surface area contributed by atoms with Gasteiger partial charge in [-0.15, -0.1) is 0 Å². The Kier molecular flexibility index (Phi) is 3.48. The van der Waals surface area contributed by atoms with E-state index in [1.54, 1.807) is 12.1 Å². The molecule has 1 aliphatic carbocycles. The Labute approximate surface area is 120 Å². The fourth-order valence-electron chi connectivity index (χ4n) is 2.60. The number of aromatic carboxylic acids is 1. The van der Waals surface area contributed by atoms with E-state index in [0.29, 0.717) is 11.8 Å². The zero-order chi connectivity index (χ0) is 14.1. The fraction of sp³-hybridized carbons (Fsp3) is 0.429. The first-order chi connectivity index (χ1) is 9.67. The van der Waals surface area contributed by atoms with Gasteiger partial charge in [0.15, 0.2) is 5.13 Å². The lowest BCUT2D eigenvalue weighted by Crippen LogP contribution is -2.13. The van der Waals surface area contributed by atoms with Crippen molar-refractivity contribution in [3.63, 3.8) is 0 Å². The number of benzene rings is 1. The van der Waals surface area contributed by atoms with Crippen LogP contribution in [-0.4, -0.2) is 29.2 Å². The lowest BCUT2D eigenvalue weighted by Gasteiger charge is -2.09. The van der Waals surface area contributed by atoms with Crippen LogP contribution < -0.4 is 10.1 Å². The summed E-state index contributed by atoms with van der Waals surface area (Å²) in [7, 11) is 1.47. The van der Waals surface area contributed by atoms with Crippen molar-refractivity contribution in [1.82, 2.24) is 4.98 Å². The van der Waals surface area contributed by atoms with E-state index in [-0.39, 0.29) is 5.56 Å². The minimum Gasteiger partial charge on any atom is -0.496 e. The Bertz CT molecular complexity index is 647. The van der Waals surface area contributed by atoms with Crippen LogP contribution in [0.4, 0.5) is 5.13 Å². The average molecular weight is 292 g/mol. The number of fused-ring (bicyclic) bond motifs is 1. The molecule has 0 spiro atoms. The van der Waals surface area contributed by atoms with E-state index in [0.717, 1.165) is 15.3 Å². The minimum atomic E-state index is -0.984. The lowest BCUT2D eigenvalue weighted by molar-refractivity contribution is 0.0693. The van der Waals surface area contributed by atoms with E-state index in [9.17, 15) is 9.90 Å². The van der Waals surface area contributed by atoms with Crippen molar-refractivity contribution in [3.8, 4) is 5.75 Å². The molecule has 0 amide bonds. The highest BCUT2D eigenvalue weighted by Crippen LogP contribution is 2.33. The van der Waals surface area contributed by atoms with Crippen LogP contribution >= 0.6 is 11.3 Å². The van der Waals surface area contributed by atoms with Gasteiger partial charge < -0.3 is 15.2 Å². The molecule has 1 fully saturated rings. The average Bonchev–Trinajstić information content (AvgIpc) is 3.05. The summed E-state index contributed by atoms with van der Waals surface area (Å²) in [5.41, 5.74) is 0.952. The van der Waals surface area contributed by atoms with Gasteiger partial charge in [-0.2, -0.15) is 0 Å². The molecule has 106 valence electrons. The molecule has 3 rings (SSSR count). The predicted octanol–water partition coefficient (Wildman–Crippen LogP) is 3.36. The molecular formula is C14H16N2O3S. The zero-order valence-electron chi connectivity index (χ0n) is 11.2. The summed E-state index contributed by atoms with van der Waals surface area (Å²) in [6.45, 7) is 0. The van der Waals surface area contributed by atoms with Crippen molar-refractivity contribution in [3.05, 3.63) is 17.7 Å². The first kappa shape index (κ1) is 13.2. The molecule has 0 saturated heterocycles. The highest BCUT2D eigenvalue weighted by Gasteiger charge is 2.18. The lowest BCUT2D eigenvalue weighted by atomic mass is 10.2. The predicted molar refractivity (Wildman–Crippen MR) is 79.0 cm³/mol. The Hall–Kier alpha value is -1.82. The molecule has 1 aromatic heterocycles. The molecule has 2 N–H and O–H groups in total. The van der Waals surface area contributed by atoms with E-state index in [2.05, 4.69) is 10.3 Å². The Morgan fingerprint density at radius 3 is 2.85 bits per heavy atom. The number of aromatic nitrogens is 1. The monoisotopic (exact) mass is 292 g/mol. The van der Waals surface area contributed by atoms with Crippen molar-refractivity contribution in [2.45, 2.75) is 31.7 Å². The molecule has 5 nitrogen and oxygen atoms in total. The second-order valence-electron chi connectivity index (χ2n) is 4.97. The maximum atomic E-state index is 11.2. The van der Waals surface area contributed by atoms with Crippen LogP contribution in [0.1, 0.15) is 36.0 Å². The van der Waals surface area contributed by atoms with Crippen molar-refractivity contribution in [2.24, 2.45) is 0 Å². The Morgan fingerprint density at radius 2 is 2.20 bits per heavy atom. The number of thiazole rings is 1. The first-order valence-electron chi connectivity index (χ1n) is 6.66. The van der Waals surface area contributed by atoms with Gasteiger partial charge in [0.1, 0.15) is 11.3 Å². The third kappa shape index (κ3) is 2.43. The van der Waals surface area contributed by atoms with E-state index >= 15 is 0 Å². The van der Waals surface area contributed by atoms with Gasteiger partial charge in [-0.3, -0.25) is 0 Å². The molecule has 0 bridgehead atoms. The Balaban J connectivity index is 1.95. The van der Waals surface area contributed by atoms with E-state index < -0.39 is 5.97 Å².